The van der Waals surface area contributed by atoms with E-state index in [1.165, 1.54) is 23.9 Å². The van der Waals surface area contributed by atoms with Crippen molar-refractivity contribution in [2.45, 2.75) is 30.7 Å². The average molecular weight is 350 g/mol. The number of rotatable bonds is 7. The molecule has 128 valence electrons. The van der Waals surface area contributed by atoms with Gasteiger partial charge < -0.3 is 9.30 Å². The summed E-state index contributed by atoms with van der Waals surface area (Å²) in [6, 6.07) is 6.09. The number of hydrogen-bond acceptors (Lipinski definition) is 7. The second-order valence-electron chi connectivity index (χ2n) is 4.94. The lowest BCUT2D eigenvalue weighted by molar-refractivity contribution is -0.384. The molecule has 2 aromatic rings. The van der Waals surface area contributed by atoms with E-state index in [0.29, 0.717) is 29.6 Å². The summed E-state index contributed by atoms with van der Waals surface area (Å²) in [4.78, 5) is 22.2. The number of ether oxygens (including phenoxy) is 1. The van der Waals surface area contributed by atoms with E-state index in [9.17, 15) is 14.9 Å². The fraction of sp³-hybridized carbons (Fsp3) is 0.400. The first-order chi connectivity index (χ1) is 11.5. The van der Waals surface area contributed by atoms with E-state index < -0.39 is 4.92 Å². The van der Waals surface area contributed by atoms with Crippen molar-refractivity contribution in [1.82, 2.24) is 14.8 Å². The molecule has 0 radical (unpaired) electrons. The summed E-state index contributed by atoms with van der Waals surface area (Å²) in [5.41, 5.74) is 0.732. The van der Waals surface area contributed by atoms with Gasteiger partial charge in [-0.2, -0.15) is 0 Å². The zero-order valence-corrected chi connectivity index (χ0v) is 14.4. The molecule has 1 atom stereocenters. The molecule has 24 heavy (non-hydrogen) atoms. The van der Waals surface area contributed by atoms with E-state index >= 15 is 0 Å². The average Bonchev–Trinajstić information content (AvgIpc) is 2.93. The maximum atomic E-state index is 11.9. The number of benzene rings is 1. The Morgan fingerprint density at radius 1 is 1.33 bits per heavy atom. The second kappa shape index (κ2) is 7.91. The molecule has 0 spiro atoms. The summed E-state index contributed by atoms with van der Waals surface area (Å²) >= 11 is 1.29. The molecule has 0 N–H and O–H groups in total. The van der Waals surface area contributed by atoms with Crippen molar-refractivity contribution in [2.24, 2.45) is 7.05 Å². The van der Waals surface area contributed by atoms with Crippen molar-refractivity contribution in [3.05, 3.63) is 34.4 Å². The van der Waals surface area contributed by atoms with Gasteiger partial charge in [0.05, 0.1) is 11.5 Å². The van der Waals surface area contributed by atoms with Gasteiger partial charge in [0.15, 0.2) is 11.0 Å². The number of esters is 1. The van der Waals surface area contributed by atoms with Crippen LogP contribution in [-0.2, 0) is 16.6 Å². The molecule has 0 saturated carbocycles. The third-order valence-corrected chi connectivity index (χ3v) is 4.72. The zero-order valence-electron chi connectivity index (χ0n) is 13.6. The molecule has 0 aliphatic heterocycles. The molecular formula is C15H18N4O4S. The van der Waals surface area contributed by atoms with Crippen LogP contribution in [0.2, 0.25) is 0 Å². The number of carbonyl (C=O) groups excluding carboxylic acids is 1. The molecule has 0 amide bonds. The van der Waals surface area contributed by atoms with Gasteiger partial charge >= 0.3 is 5.97 Å². The Hall–Kier alpha value is -2.42. The first kappa shape index (κ1) is 17.9. The first-order valence-electron chi connectivity index (χ1n) is 7.45. The van der Waals surface area contributed by atoms with Gasteiger partial charge in [-0.05, 0) is 25.5 Å². The lowest BCUT2D eigenvalue weighted by Crippen LogP contribution is -2.20. The summed E-state index contributed by atoms with van der Waals surface area (Å²) in [5.74, 6) is 0.302. The van der Waals surface area contributed by atoms with Gasteiger partial charge in [-0.25, -0.2) is 0 Å². The molecule has 0 bridgehead atoms. The highest BCUT2D eigenvalue weighted by Gasteiger charge is 2.23. The highest BCUT2D eigenvalue weighted by atomic mass is 32.2. The Morgan fingerprint density at radius 2 is 2.00 bits per heavy atom. The lowest BCUT2D eigenvalue weighted by Gasteiger charge is -2.12. The smallest absolute Gasteiger partial charge is 0.319 e. The molecule has 0 fully saturated rings. The van der Waals surface area contributed by atoms with Gasteiger partial charge in [0.1, 0.15) is 5.25 Å². The van der Waals surface area contributed by atoms with E-state index in [2.05, 4.69) is 10.2 Å². The fourth-order valence-electron chi connectivity index (χ4n) is 2.06. The van der Waals surface area contributed by atoms with Gasteiger partial charge in [-0.15, -0.1) is 10.2 Å². The predicted molar refractivity (Wildman–Crippen MR) is 89.7 cm³/mol. The Morgan fingerprint density at radius 3 is 2.54 bits per heavy atom. The highest BCUT2D eigenvalue weighted by molar-refractivity contribution is 8.00. The van der Waals surface area contributed by atoms with Gasteiger partial charge in [0.2, 0.25) is 0 Å². The number of nitrogens with zero attached hydrogens (tertiary/aromatic N) is 4. The van der Waals surface area contributed by atoms with Crippen LogP contribution in [0.5, 0.6) is 0 Å². The quantitative estimate of drug-likeness (QED) is 0.327. The van der Waals surface area contributed by atoms with Crippen LogP contribution in [0.1, 0.15) is 20.3 Å². The summed E-state index contributed by atoms with van der Waals surface area (Å²) in [7, 11) is 1.79. The minimum atomic E-state index is -0.451. The normalized spacial score (nSPS) is 12.0. The van der Waals surface area contributed by atoms with Gasteiger partial charge in [0, 0.05) is 24.7 Å². The maximum Gasteiger partial charge on any atom is 0.319 e. The number of aromatic nitrogens is 3. The van der Waals surface area contributed by atoms with Crippen LogP contribution in [0.4, 0.5) is 5.69 Å². The number of non-ortho nitro benzene ring substituents is 1. The molecule has 1 heterocycles. The highest BCUT2D eigenvalue weighted by Crippen LogP contribution is 2.28. The second-order valence-corrected chi connectivity index (χ2v) is 6.11. The van der Waals surface area contributed by atoms with E-state index in [1.54, 1.807) is 30.7 Å². The topological polar surface area (TPSA) is 100 Å². The Kier molecular flexibility index (Phi) is 5.91. The van der Waals surface area contributed by atoms with Crippen LogP contribution < -0.4 is 0 Å². The van der Waals surface area contributed by atoms with Crippen molar-refractivity contribution in [3.63, 3.8) is 0 Å². The number of nitro benzene ring substituents is 1. The van der Waals surface area contributed by atoms with Gasteiger partial charge in [-0.1, -0.05) is 18.7 Å². The van der Waals surface area contributed by atoms with Crippen LogP contribution in [-0.4, -0.2) is 37.5 Å². The predicted octanol–water partition coefficient (Wildman–Crippen LogP) is 2.82. The van der Waals surface area contributed by atoms with Crippen LogP contribution in [0, 0.1) is 10.1 Å². The Bertz CT molecular complexity index is 730. The largest absolute Gasteiger partial charge is 0.465 e. The number of carbonyl (C=O) groups is 1. The van der Waals surface area contributed by atoms with Crippen LogP contribution >= 0.6 is 11.8 Å². The number of hydrogen-bond donors (Lipinski definition) is 0. The zero-order chi connectivity index (χ0) is 17.7. The molecule has 0 saturated heterocycles. The van der Waals surface area contributed by atoms with E-state index in [-0.39, 0.29) is 16.9 Å². The van der Waals surface area contributed by atoms with Crippen LogP contribution in [0.15, 0.2) is 29.4 Å². The molecule has 8 nitrogen and oxygen atoms in total. The molecule has 2 rings (SSSR count). The molecule has 1 aromatic carbocycles. The number of thioether (sulfide) groups is 1. The lowest BCUT2D eigenvalue weighted by atomic mass is 10.2. The van der Waals surface area contributed by atoms with Gasteiger partial charge in [-0.3, -0.25) is 14.9 Å². The molecule has 0 aliphatic carbocycles. The van der Waals surface area contributed by atoms with Crippen molar-refractivity contribution in [3.8, 4) is 11.4 Å². The third kappa shape index (κ3) is 3.91. The molecule has 9 heteroatoms. The Labute approximate surface area is 143 Å². The van der Waals surface area contributed by atoms with Crippen LogP contribution in [0.25, 0.3) is 11.4 Å². The number of nitro groups is 1. The summed E-state index contributed by atoms with van der Waals surface area (Å²) in [5, 5.41) is 19.2. The minimum Gasteiger partial charge on any atom is -0.465 e. The maximum absolute atomic E-state index is 11.9. The van der Waals surface area contributed by atoms with Crippen molar-refractivity contribution < 1.29 is 14.5 Å². The molecule has 0 unspecified atom stereocenters. The molecule has 1 aromatic heterocycles. The fourth-order valence-corrected chi connectivity index (χ4v) is 2.98. The monoisotopic (exact) mass is 350 g/mol. The Balaban J connectivity index is 2.21. The third-order valence-electron chi connectivity index (χ3n) is 3.34. The van der Waals surface area contributed by atoms with E-state index in [0.717, 1.165) is 0 Å². The van der Waals surface area contributed by atoms with Crippen LogP contribution in [0.3, 0.4) is 0 Å². The minimum absolute atomic E-state index is 0.0175. The van der Waals surface area contributed by atoms with Crippen molar-refractivity contribution in [2.75, 3.05) is 6.61 Å². The summed E-state index contributed by atoms with van der Waals surface area (Å²) in [6.45, 7) is 4.01. The van der Waals surface area contributed by atoms with Crippen molar-refractivity contribution >= 4 is 23.4 Å². The summed E-state index contributed by atoms with van der Waals surface area (Å²) < 4.78 is 6.81. The standard InChI is InChI=1S/C15H18N4O4S/c1-4-12(14(20)23-5-2)24-15-17-16-13(18(15)3)10-6-8-11(9-7-10)19(21)22/h6-9,12H,4-5H2,1-3H3/t12-/m0/s1. The van der Waals surface area contributed by atoms with E-state index in [1.807, 2.05) is 6.92 Å². The first-order valence-corrected chi connectivity index (χ1v) is 8.33. The summed E-state index contributed by atoms with van der Waals surface area (Å²) in [6.07, 6.45) is 0.614. The molecule has 0 aliphatic rings. The molecular weight excluding hydrogens is 332 g/mol. The van der Waals surface area contributed by atoms with Crippen molar-refractivity contribution in [1.29, 1.82) is 0 Å². The van der Waals surface area contributed by atoms with E-state index in [4.69, 9.17) is 4.74 Å². The van der Waals surface area contributed by atoms with Gasteiger partial charge in [0.25, 0.3) is 5.69 Å². The SMILES string of the molecule is CCOC(=O)[C@H](CC)Sc1nnc(-c2ccc([N+](=O)[O-])cc2)n1C.